The fourth-order valence-electron chi connectivity index (χ4n) is 1.52. The van der Waals surface area contributed by atoms with Crippen LogP contribution in [0.25, 0.3) is 11.3 Å². The Labute approximate surface area is 111 Å². The van der Waals surface area contributed by atoms with Gasteiger partial charge in [0.25, 0.3) is 0 Å². The van der Waals surface area contributed by atoms with Crippen molar-refractivity contribution in [2.75, 3.05) is 6.26 Å². The molecule has 0 unspecified atom stereocenters. The number of carboxylic acids is 1. The van der Waals surface area contributed by atoms with Gasteiger partial charge in [-0.25, -0.2) is 22.0 Å². The van der Waals surface area contributed by atoms with Crippen LogP contribution in [0.4, 0.5) is 8.78 Å². The molecule has 1 aromatic carbocycles. The second-order valence-corrected chi connectivity index (χ2v) is 5.90. The topological polar surface area (TPSA) is 97.5 Å². The van der Waals surface area contributed by atoms with E-state index in [0.29, 0.717) is 12.1 Å². The molecule has 9 heteroatoms. The van der Waals surface area contributed by atoms with Gasteiger partial charge < -0.3 is 9.63 Å². The van der Waals surface area contributed by atoms with Crippen molar-refractivity contribution >= 4 is 15.8 Å². The molecule has 1 aromatic heterocycles. The van der Waals surface area contributed by atoms with Gasteiger partial charge in [0.05, 0.1) is 0 Å². The van der Waals surface area contributed by atoms with Crippen molar-refractivity contribution in [2.24, 2.45) is 0 Å². The SMILES string of the molecule is CS(=O)(=O)c1cc(F)cc(-c2cc(C(=O)O)on2)c1F. The number of carbonyl (C=O) groups is 1. The van der Waals surface area contributed by atoms with Gasteiger partial charge in [-0.05, 0) is 12.1 Å². The second kappa shape index (κ2) is 4.67. The third-order valence-electron chi connectivity index (χ3n) is 2.40. The molecule has 6 nitrogen and oxygen atoms in total. The molecular weight excluding hydrogens is 296 g/mol. The van der Waals surface area contributed by atoms with E-state index < -0.39 is 43.7 Å². The van der Waals surface area contributed by atoms with E-state index in [1.807, 2.05) is 0 Å². The van der Waals surface area contributed by atoms with Crippen molar-refractivity contribution in [1.29, 1.82) is 0 Å². The van der Waals surface area contributed by atoms with Crippen LogP contribution in [-0.4, -0.2) is 30.9 Å². The lowest BCUT2D eigenvalue weighted by Gasteiger charge is -2.05. The minimum Gasteiger partial charge on any atom is -0.475 e. The minimum absolute atomic E-state index is 0.315. The van der Waals surface area contributed by atoms with Crippen LogP contribution in [0.3, 0.4) is 0 Å². The van der Waals surface area contributed by atoms with E-state index in [2.05, 4.69) is 9.68 Å². The molecule has 0 saturated heterocycles. The van der Waals surface area contributed by atoms with Crippen molar-refractivity contribution in [3.63, 3.8) is 0 Å². The molecule has 0 spiro atoms. The molecule has 0 aliphatic carbocycles. The summed E-state index contributed by atoms with van der Waals surface area (Å²) in [6, 6.07) is 2.10. The standard InChI is InChI=1S/C11H7F2NO5S/c1-20(17,18)9-3-5(12)2-6(10(9)13)7-4-8(11(15)16)19-14-7/h2-4H,1H3,(H,15,16). The van der Waals surface area contributed by atoms with Gasteiger partial charge in [-0.1, -0.05) is 5.16 Å². The Morgan fingerprint density at radius 3 is 2.45 bits per heavy atom. The first kappa shape index (κ1) is 14.1. The molecule has 0 radical (unpaired) electrons. The predicted octanol–water partition coefficient (Wildman–Crippen LogP) is 1.72. The first-order chi connectivity index (χ1) is 9.20. The van der Waals surface area contributed by atoms with Crippen molar-refractivity contribution in [3.05, 3.63) is 35.6 Å². The first-order valence-corrected chi connectivity index (χ1v) is 6.99. The Kier molecular flexibility index (Phi) is 3.30. The maximum atomic E-state index is 14.1. The number of hydrogen-bond acceptors (Lipinski definition) is 5. The van der Waals surface area contributed by atoms with Crippen LogP contribution in [0.15, 0.2) is 27.6 Å². The Bertz CT molecular complexity index is 797. The lowest BCUT2D eigenvalue weighted by atomic mass is 10.1. The van der Waals surface area contributed by atoms with Crippen LogP contribution in [0, 0.1) is 11.6 Å². The van der Waals surface area contributed by atoms with Gasteiger partial charge in [0.1, 0.15) is 16.4 Å². The average molecular weight is 303 g/mol. The molecular formula is C11H7F2NO5S. The summed E-state index contributed by atoms with van der Waals surface area (Å²) >= 11 is 0. The van der Waals surface area contributed by atoms with Crippen LogP contribution in [0.2, 0.25) is 0 Å². The van der Waals surface area contributed by atoms with Gasteiger partial charge in [-0.2, -0.15) is 0 Å². The molecule has 0 saturated carbocycles. The number of carboxylic acid groups (broad SMARTS) is 1. The molecule has 0 aliphatic heterocycles. The first-order valence-electron chi connectivity index (χ1n) is 5.09. The maximum absolute atomic E-state index is 14.1. The van der Waals surface area contributed by atoms with Gasteiger partial charge in [0, 0.05) is 17.9 Å². The number of rotatable bonds is 3. The quantitative estimate of drug-likeness (QED) is 0.927. The fourth-order valence-corrected chi connectivity index (χ4v) is 2.29. The molecule has 1 heterocycles. The maximum Gasteiger partial charge on any atom is 0.374 e. The number of nitrogens with zero attached hydrogens (tertiary/aromatic N) is 1. The number of sulfone groups is 1. The number of aromatic nitrogens is 1. The van der Waals surface area contributed by atoms with Crippen LogP contribution in [-0.2, 0) is 9.84 Å². The summed E-state index contributed by atoms with van der Waals surface area (Å²) in [5, 5.41) is 11.9. The average Bonchev–Trinajstić information content (AvgIpc) is 2.79. The summed E-state index contributed by atoms with van der Waals surface area (Å²) in [7, 11) is -3.99. The van der Waals surface area contributed by atoms with Crippen molar-refractivity contribution in [1.82, 2.24) is 5.16 Å². The molecule has 2 rings (SSSR count). The highest BCUT2D eigenvalue weighted by Crippen LogP contribution is 2.28. The Morgan fingerprint density at radius 2 is 1.95 bits per heavy atom. The number of hydrogen-bond donors (Lipinski definition) is 1. The zero-order chi connectivity index (χ0) is 15.1. The van der Waals surface area contributed by atoms with E-state index in [9.17, 15) is 22.0 Å². The summed E-state index contributed by atoms with van der Waals surface area (Å²) in [6.45, 7) is 0. The van der Waals surface area contributed by atoms with Crippen LogP contribution < -0.4 is 0 Å². The normalized spacial score (nSPS) is 11.6. The van der Waals surface area contributed by atoms with E-state index in [4.69, 9.17) is 5.11 Å². The summed E-state index contributed by atoms with van der Waals surface area (Å²) < 4.78 is 54.6. The molecule has 0 bridgehead atoms. The van der Waals surface area contributed by atoms with Crippen molar-refractivity contribution < 1.29 is 31.6 Å². The van der Waals surface area contributed by atoms with E-state index in [1.165, 1.54) is 0 Å². The predicted molar refractivity (Wildman–Crippen MR) is 61.9 cm³/mol. The van der Waals surface area contributed by atoms with Gasteiger partial charge in [-0.3, -0.25) is 0 Å². The monoisotopic (exact) mass is 303 g/mol. The zero-order valence-corrected chi connectivity index (χ0v) is 10.7. The molecule has 2 aromatic rings. The number of halogens is 2. The second-order valence-electron chi connectivity index (χ2n) is 3.92. The number of aromatic carboxylic acids is 1. The lowest BCUT2D eigenvalue weighted by molar-refractivity contribution is 0.0652. The lowest BCUT2D eigenvalue weighted by Crippen LogP contribution is -2.03. The molecule has 0 amide bonds. The van der Waals surface area contributed by atoms with Gasteiger partial charge in [0.15, 0.2) is 15.7 Å². The molecule has 106 valence electrons. The van der Waals surface area contributed by atoms with Gasteiger partial charge >= 0.3 is 5.97 Å². The smallest absolute Gasteiger partial charge is 0.374 e. The van der Waals surface area contributed by atoms with E-state index >= 15 is 0 Å². The van der Waals surface area contributed by atoms with Gasteiger partial charge in [-0.15, -0.1) is 0 Å². The van der Waals surface area contributed by atoms with Crippen molar-refractivity contribution in [3.8, 4) is 11.3 Å². The van der Waals surface area contributed by atoms with Crippen LogP contribution in [0.5, 0.6) is 0 Å². The summed E-state index contributed by atoms with van der Waals surface area (Å²) in [6.07, 6.45) is 0.722. The van der Waals surface area contributed by atoms with E-state index in [0.717, 1.165) is 12.3 Å². The van der Waals surface area contributed by atoms with Crippen LogP contribution in [0.1, 0.15) is 10.6 Å². The van der Waals surface area contributed by atoms with E-state index in [1.54, 1.807) is 0 Å². The summed E-state index contributed by atoms with van der Waals surface area (Å²) in [5.41, 5.74) is -0.814. The Balaban J connectivity index is 2.68. The summed E-state index contributed by atoms with van der Waals surface area (Å²) in [4.78, 5) is 9.79. The minimum atomic E-state index is -3.99. The van der Waals surface area contributed by atoms with Crippen LogP contribution >= 0.6 is 0 Å². The highest BCUT2D eigenvalue weighted by Gasteiger charge is 2.22. The largest absolute Gasteiger partial charge is 0.475 e. The molecule has 20 heavy (non-hydrogen) atoms. The molecule has 0 fully saturated rings. The third-order valence-corrected chi connectivity index (χ3v) is 3.50. The van der Waals surface area contributed by atoms with Crippen molar-refractivity contribution in [2.45, 2.75) is 4.90 Å². The Morgan fingerprint density at radius 1 is 1.30 bits per heavy atom. The zero-order valence-electron chi connectivity index (χ0n) is 9.92. The third kappa shape index (κ3) is 2.52. The fraction of sp³-hybridized carbons (Fsp3) is 0.0909. The number of benzene rings is 1. The summed E-state index contributed by atoms with van der Waals surface area (Å²) in [5.74, 6) is -4.24. The molecule has 0 aliphatic rings. The molecule has 1 N–H and O–H groups in total. The van der Waals surface area contributed by atoms with E-state index in [-0.39, 0.29) is 5.69 Å². The van der Waals surface area contributed by atoms with Gasteiger partial charge in [0.2, 0.25) is 5.76 Å². The Hall–Kier alpha value is -2.29. The highest BCUT2D eigenvalue weighted by molar-refractivity contribution is 7.90. The highest BCUT2D eigenvalue weighted by atomic mass is 32.2. The molecule has 0 atom stereocenters.